The third-order valence-electron chi connectivity index (χ3n) is 3.81. The minimum absolute atomic E-state index is 0.00957. The molecule has 1 rings (SSSR count). The quantitative estimate of drug-likeness (QED) is 0.672. The average Bonchev–Trinajstić information content (AvgIpc) is 2.35. The van der Waals surface area contributed by atoms with Crippen molar-refractivity contribution in [1.82, 2.24) is 10.2 Å². The van der Waals surface area contributed by atoms with Crippen LogP contribution in [0.3, 0.4) is 0 Å². The molecule has 1 saturated heterocycles. The normalized spacial score (nSPS) is 23.8. The van der Waals surface area contributed by atoms with Gasteiger partial charge in [-0.1, -0.05) is 20.8 Å². The fourth-order valence-electron chi connectivity index (χ4n) is 2.64. The van der Waals surface area contributed by atoms with Gasteiger partial charge in [0.05, 0.1) is 6.42 Å². The molecule has 21 heavy (non-hydrogen) atoms. The van der Waals surface area contributed by atoms with E-state index in [4.69, 9.17) is 10.2 Å². The van der Waals surface area contributed by atoms with Crippen molar-refractivity contribution >= 4 is 11.9 Å². The van der Waals surface area contributed by atoms with E-state index in [0.29, 0.717) is 25.4 Å². The molecule has 0 saturated carbocycles. The molecule has 0 aromatic carbocycles. The summed E-state index contributed by atoms with van der Waals surface area (Å²) in [4.78, 5) is 24.9. The number of nitrogens with zero attached hydrogens (tertiary/aromatic N) is 1. The maximum atomic E-state index is 12.1. The van der Waals surface area contributed by atoms with Crippen LogP contribution in [0.4, 0.5) is 0 Å². The number of carbonyl (C=O) groups is 2. The molecule has 1 aliphatic rings. The Morgan fingerprint density at radius 2 is 1.95 bits per heavy atom. The Hall–Kier alpha value is -1.14. The summed E-state index contributed by atoms with van der Waals surface area (Å²) in [6, 6.07) is 0.0239. The van der Waals surface area contributed by atoms with Gasteiger partial charge < -0.3 is 20.4 Å². The number of aliphatic hydroxyl groups excluding tert-OH is 1. The first-order chi connectivity index (χ1) is 9.72. The summed E-state index contributed by atoms with van der Waals surface area (Å²) >= 11 is 0. The third-order valence-corrected chi connectivity index (χ3v) is 3.81. The molecule has 1 heterocycles. The predicted octanol–water partition coefficient (Wildman–Crippen LogP) is 0.696. The lowest BCUT2D eigenvalue weighted by molar-refractivity contribution is -0.137. The van der Waals surface area contributed by atoms with Crippen LogP contribution in [-0.4, -0.2) is 59.3 Å². The van der Waals surface area contributed by atoms with Crippen LogP contribution in [0.2, 0.25) is 0 Å². The Morgan fingerprint density at radius 3 is 2.48 bits per heavy atom. The monoisotopic (exact) mass is 300 g/mol. The van der Waals surface area contributed by atoms with Crippen molar-refractivity contribution in [3.05, 3.63) is 0 Å². The largest absolute Gasteiger partial charge is 0.481 e. The van der Waals surface area contributed by atoms with Gasteiger partial charge >= 0.3 is 5.97 Å². The molecule has 0 aromatic heterocycles. The molecule has 2 atom stereocenters. The molecule has 0 radical (unpaired) electrons. The predicted molar refractivity (Wildman–Crippen MR) is 79.9 cm³/mol. The zero-order valence-corrected chi connectivity index (χ0v) is 13.3. The fraction of sp³-hybridized carbons (Fsp3) is 0.867. The summed E-state index contributed by atoms with van der Waals surface area (Å²) in [5.41, 5.74) is -0.435. The first-order valence-corrected chi connectivity index (χ1v) is 7.58. The summed E-state index contributed by atoms with van der Waals surface area (Å²) in [6.45, 7) is 7.69. The SMILES string of the molecule is CC(C)(C)C(=O)NC1CC(CCO)CN(CCC(=O)O)C1. The second kappa shape index (κ2) is 7.75. The summed E-state index contributed by atoms with van der Waals surface area (Å²) in [6.07, 6.45) is 1.63. The fourth-order valence-corrected chi connectivity index (χ4v) is 2.64. The van der Waals surface area contributed by atoms with Gasteiger partial charge in [0.25, 0.3) is 0 Å². The number of piperidine rings is 1. The molecular formula is C15H28N2O4. The third kappa shape index (κ3) is 6.44. The van der Waals surface area contributed by atoms with Crippen molar-refractivity contribution in [2.24, 2.45) is 11.3 Å². The van der Waals surface area contributed by atoms with Gasteiger partial charge in [-0.15, -0.1) is 0 Å². The molecule has 2 unspecified atom stereocenters. The van der Waals surface area contributed by atoms with Crippen LogP contribution in [0.5, 0.6) is 0 Å². The van der Waals surface area contributed by atoms with Gasteiger partial charge in [0.15, 0.2) is 0 Å². The molecule has 122 valence electrons. The van der Waals surface area contributed by atoms with Crippen LogP contribution in [0.25, 0.3) is 0 Å². The Kier molecular flexibility index (Phi) is 6.61. The molecule has 3 N–H and O–H groups in total. The lowest BCUT2D eigenvalue weighted by Crippen LogP contribution is -2.53. The lowest BCUT2D eigenvalue weighted by Gasteiger charge is -2.38. The van der Waals surface area contributed by atoms with E-state index in [9.17, 15) is 9.59 Å². The minimum atomic E-state index is -0.811. The molecule has 0 aromatic rings. The van der Waals surface area contributed by atoms with E-state index in [1.807, 2.05) is 20.8 Å². The van der Waals surface area contributed by atoms with Gasteiger partial charge in [0, 0.05) is 37.7 Å². The number of hydrogen-bond donors (Lipinski definition) is 3. The van der Waals surface area contributed by atoms with Gasteiger partial charge in [-0.25, -0.2) is 0 Å². The highest BCUT2D eigenvalue weighted by Crippen LogP contribution is 2.22. The highest BCUT2D eigenvalue weighted by atomic mass is 16.4. The number of aliphatic carboxylic acids is 1. The number of amides is 1. The maximum Gasteiger partial charge on any atom is 0.304 e. The second-order valence-corrected chi connectivity index (χ2v) is 6.94. The molecule has 0 spiro atoms. The van der Waals surface area contributed by atoms with E-state index in [0.717, 1.165) is 13.0 Å². The van der Waals surface area contributed by atoms with Crippen LogP contribution in [0.15, 0.2) is 0 Å². The lowest BCUT2D eigenvalue weighted by atomic mass is 9.89. The molecule has 0 bridgehead atoms. The first-order valence-electron chi connectivity index (χ1n) is 7.58. The molecule has 0 aliphatic carbocycles. The maximum absolute atomic E-state index is 12.1. The summed E-state index contributed by atoms with van der Waals surface area (Å²) in [5, 5.41) is 21.0. The summed E-state index contributed by atoms with van der Waals surface area (Å²) in [7, 11) is 0. The van der Waals surface area contributed by atoms with Crippen LogP contribution >= 0.6 is 0 Å². The van der Waals surface area contributed by atoms with Gasteiger partial charge in [-0.2, -0.15) is 0 Å². The van der Waals surface area contributed by atoms with Crippen molar-refractivity contribution in [3.63, 3.8) is 0 Å². The van der Waals surface area contributed by atoms with Crippen LogP contribution in [0.1, 0.15) is 40.0 Å². The standard InChI is InChI=1S/C15H28N2O4/c1-15(2,3)14(21)16-12-8-11(5-7-18)9-17(10-12)6-4-13(19)20/h11-12,18H,4-10H2,1-3H3,(H,16,21)(H,19,20). The molecular weight excluding hydrogens is 272 g/mol. The van der Waals surface area contributed by atoms with Crippen LogP contribution in [0, 0.1) is 11.3 Å². The van der Waals surface area contributed by atoms with Crippen molar-refractivity contribution in [2.75, 3.05) is 26.2 Å². The van der Waals surface area contributed by atoms with Crippen molar-refractivity contribution in [3.8, 4) is 0 Å². The summed E-state index contributed by atoms with van der Waals surface area (Å²) in [5.74, 6) is -0.507. The van der Waals surface area contributed by atoms with Gasteiger partial charge in [-0.3, -0.25) is 9.59 Å². The van der Waals surface area contributed by atoms with Crippen molar-refractivity contribution < 1.29 is 19.8 Å². The molecule has 1 amide bonds. The van der Waals surface area contributed by atoms with Crippen molar-refractivity contribution in [1.29, 1.82) is 0 Å². The molecule has 1 fully saturated rings. The van der Waals surface area contributed by atoms with Gasteiger partial charge in [-0.05, 0) is 18.8 Å². The Bertz CT molecular complexity index is 365. The molecule has 6 nitrogen and oxygen atoms in total. The number of nitrogens with one attached hydrogen (secondary N) is 1. The topological polar surface area (TPSA) is 89.9 Å². The zero-order valence-electron chi connectivity index (χ0n) is 13.3. The average molecular weight is 300 g/mol. The molecule has 1 aliphatic heterocycles. The first kappa shape index (κ1) is 17.9. The minimum Gasteiger partial charge on any atom is -0.481 e. The van der Waals surface area contributed by atoms with E-state index >= 15 is 0 Å². The van der Waals surface area contributed by atoms with E-state index in [-0.39, 0.29) is 25.0 Å². The number of hydrogen-bond acceptors (Lipinski definition) is 4. The van der Waals surface area contributed by atoms with Crippen LogP contribution < -0.4 is 5.32 Å². The van der Waals surface area contributed by atoms with Crippen LogP contribution in [-0.2, 0) is 9.59 Å². The number of rotatable bonds is 6. The smallest absolute Gasteiger partial charge is 0.304 e. The number of carboxylic acid groups (broad SMARTS) is 1. The number of aliphatic hydroxyl groups is 1. The summed E-state index contributed by atoms with van der Waals surface area (Å²) < 4.78 is 0. The Labute approximate surface area is 126 Å². The Morgan fingerprint density at radius 1 is 1.29 bits per heavy atom. The zero-order chi connectivity index (χ0) is 16.0. The Balaban J connectivity index is 2.61. The van der Waals surface area contributed by atoms with E-state index in [1.165, 1.54) is 0 Å². The van der Waals surface area contributed by atoms with E-state index in [1.54, 1.807) is 0 Å². The number of carboxylic acids is 1. The number of carbonyl (C=O) groups excluding carboxylic acids is 1. The van der Waals surface area contributed by atoms with Gasteiger partial charge in [0.1, 0.15) is 0 Å². The highest BCUT2D eigenvalue weighted by Gasteiger charge is 2.30. The van der Waals surface area contributed by atoms with E-state index < -0.39 is 11.4 Å². The van der Waals surface area contributed by atoms with Crippen molar-refractivity contribution in [2.45, 2.75) is 46.1 Å². The number of likely N-dealkylation sites (tertiary alicyclic amines) is 1. The van der Waals surface area contributed by atoms with E-state index in [2.05, 4.69) is 10.2 Å². The second-order valence-electron chi connectivity index (χ2n) is 6.94. The molecule has 6 heteroatoms. The van der Waals surface area contributed by atoms with Gasteiger partial charge in [0.2, 0.25) is 5.91 Å². The highest BCUT2D eigenvalue weighted by molar-refractivity contribution is 5.81.